The third kappa shape index (κ3) is 2.93. The first kappa shape index (κ1) is 19.1. The van der Waals surface area contributed by atoms with Gasteiger partial charge in [-0.05, 0) is 54.2 Å². The van der Waals surface area contributed by atoms with Crippen LogP contribution in [0.2, 0.25) is 5.02 Å². The van der Waals surface area contributed by atoms with E-state index in [0.717, 1.165) is 31.6 Å². The van der Waals surface area contributed by atoms with Crippen LogP contribution in [0.3, 0.4) is 0 Å². The molecule has 0 heterocycles. The summed E-state index contributed by atoms with van der Waals surface area (Å²) in [6.45, 7) is 6.55. The highest BCUT2D eigenvalue weighted by Gasteiger charge is 2.61. The Hall–Kier alpha value is -0.630. The Morgan fingerprint density at radius 2 is 1.80 bits per heavy atom. The summed E-state index contributed by atoms with van der Waals surface area (Å²) < 4.78 is 52.2. The molecule has 5 nitrogen and oxygen atoms in total. The van der Waals surface area contributed by atoms with Gasteiger partial charge in [-0.25, -0.2) is 21.6 Å². The summed E-state index contributed by atoms with van der Waals surface area (Å²) in [4.78, 5) is -0.238. The average molecular weight is 406 g/mol. The Bertz CT molecular complexity index is 924. The minimum Gasteiger partial charge on any atom is -0.224 e. The Kier molecular flexibility index (Phi) is 4.35. The highest BCUT2D eigenvalue weighted by Crippen LogP contribution is 2.65. The molecule has 3 atom stereocenters. The fourth-order valence-corrected chi connectivity index (χ4v) is 7.16. The van der Waals surface area contributed by atoms with E-state index in [9.17, 15) is 16.8 Å². The molecule has 2 aliphatic carbocycles. The predicted molar refractivity (Wildman–Crippen MR) is 97.9 cm³/mol. The summed E-state index contributed by atoms with van der Waals surface area (Å²) in [5, 5.41) is 0.0208. The van der Waals surface area contributed by atoms with Crippen LogP contribution >= 0.6 is 11.6 Å². The van der Waals surface area contributed by atoms with Gasteiger partial charge in [0.1, 0.15) is 4.90 Å². The van der Waals surface area contributed by atoms with Crippen LogP contribution in [0.25, 0.3) is 0 Å². The van der Waals surface area contributed by atoms with Crippen LogP contribution < -0.4 is 4.72 Å². The minimum absolute atomic E-state index is 0.0208. The maximum absolute atomic E-state index is 12.9. The van der Waals surface area contributed by atoms with Crippen molar-refractivity contribution in [1.82, 2.24) is 4.72 Å². The second-order valence-electron chi connectivity index (χ2n) is 8.15. The molecule has 1 N–H and O–H groups in total. The van der Waals surface area contributed by atoms with Crippen LogP contribution in [0.4, 0.5) is 0 Å². The highest BCUT2D eigenvalue weighted by atomic mass is 35.5. The summed E-state index contributed by atoms with van der Waals surface area (Å²) >= 11 is 6.07. The molecule has 0 radical (unpaired) electrons. The zero-order valence-electron chi connectivity index (χ0n) is 14.8. The Morgan fingerprint density at radius 1 is 1.16 bits per heavy atom. The first-order valence-electron chi connectivity index (χ1n) is 8.31. The minimum atomic E-state index is -3.91. The Labute approximate surface area is 155 Å². The standard InChI is InChI=1S/C17H24ClNO4S2/c1-16(2)11-7-8-17(16,3)15(9-11)19-25(22,23)14-10-12(24(4,20)21)5-6-13(14)18/h5-6,10-11,15,19H,7-9H2,1-4H3. The van der Waals surface area contributed by atoms with Crippen molar-refractivity contribution in [3.8, 4) is 0 Å². The van der Waals surface area contributed by atoms with E-state index in [0.29, 0.717) is 5.92 Å². The lowest BCUT2D eigenvalue weighted by Gasteiger charge is -2.39. The second kappa shape index (κ2) is 5.68. The normalized spacial score (nSPS) is 31.4. The topological polar surface area (TPSA) is 80.3 Å². The molecular weight excluding hydrogens is 382 g/mol. The molecule has 2 aliphatic rings. The molecule has 0 spiro atoms. The number of rotatable bonds is 4. The molecular formula is C17H24ClNO4S2. The van der Waals surface area contributed by atoms with Gasteiger partial charge in [0, 0.05) is 12.3 Å². The number of sulfonamides is 1. The predicted octanol–water partition coefficient (Wildman–Crippen LogP) is 3.24. The van der Waals surface area contributed by atoms with Crippen LogP contribution in [-0.4, -0.2) is 29.1 Å². The zero-order chi connectivity index (χ0) is 18.8. The van der Waals surface area contributed by atoms with E-state index in [1.807, 2.05) is 0 Å². The smallest absolute Gasteiger partial charge is 0.224 e. The van der Waals surface area contributed by atoms with Crippen molar-refractivity contribution in [3.63, 3.8) is 0 Å². The van der Waals surface area contributed by atoms with Gasteiger partial charge in [0.2, 0.25) is 10.0 Å². The van der Waals surface area contributed by atoms with Gasteiger partial charge in [0.05, 0.1) is 9.92 Å². The number of hydrogen-bond donors (Lipinski definition) is 1. The van der Waals surface area contributed by atoms with Crippen LogP contribution in [0.1, 0.15) is 40.0 Å². The largest absolute Gasteiger partial charge is 0.242 e. The van der Waals surface area contributed by atoms with Crippen molar-refractivity contribution in [1.29, 1.82) is 0 Å². The molecule has 25 heavy (non-hydrogen) atoms. The van der Waals surface area contributed by atoms with Crippen molar-refractivity contribution in [2.75, 3.05) is 6.26 Å². The van der Waals surface area contributed by atoms with Gasteiger partial charge >= 0.3 is 0 Å². The maximum atomic E-state index is 12.9. The third-order valence-electron chi connectivity index (χ3n) is 6.71. The molecule has 2 saturated carbocycles. The number of hydrogen-bond acceptors (Lipinski definition) is 4. The highest BCUT2D eigenvalue weighted by molar-refractivity contribution is 7.91. The van der Waals surface area contributed by atoms with Crippen LogP contribution in [0.15, 0.2) is 28.0 Å². The van der Waals surface area contributed by atoms with Crippen molar-refractivity contribution >= 4 is 31.5 Å². The monoisotopic (exact) mass is 405 g/mol. The quantitative estimate of drug-likeness (QED) is 0.833. The van der Waals surface area contributed by atoms with Gasteiger partial charge in [-0.3, -0.25) is 0 Å². The number of nitrogens with one attached hydrogen (secondary N) is 1. The van der Waals surface area contributed by atoms with Crippen molar-refractivity contribution in [2.45, 2.75) is 55.9 Å². The van der Waals surface area contributed by atoms with E-state index >= 15 is 0 Å². The summed E-state index contributed by atoms with van der Waals surface area (Å²) in [6.07, 6.45) is 3.94. The molecule has 3 rings (SSSR count). The van der Waals surface area contributed by atoms with Crippen LogP contribution in [0.5, 0.6) is 0 Å². The molecule has 1 aromatic rings. The second-order valence-corrected chi connectivity index (χ2v) is 12.3. The van der Waals surface area contributed by atoms with Gasteiger partial charge in [-0.2, -0.15) is 0 Å². The molecule has 140 valence electrons. The van der Waals surface area contributed by atoms with Gasteiger partial charge < -0.3 is 0 Å². The molecule has 0 aromatic heterocycles. The van der Waals surface area contributed by atoms with Crippen molar-refractivity contribution in [2.24, 2.45) is 16.7 Å². The van der Waals surface area contributed by atoms with E-state index in [1.54, 1.807) is 0 Å². The zero-order valence-corrected chi connectivity index (χ0v) is 17.2. The van der Waals surface area contributed by atoms with Gasteiger partial charge in [-0.1, -0.05) is 32.4 Å². The van der Waals surface area contributed by atoms with Crippen LogP contribution in [0, 0.1) is 16.7 Å². The van der Waals surface area contributed by atoms with E-state index in [-0.39, 0.29) is 31.7 Å². The number of fused-ring (bicyclic) bond motifs is 2. The van der Waals surface area contributed by atoms with Crippen LogP contribution in [-0.2, 0) is 19.9 Å². The lowest BCUT2D eigenvalue weighted by molar-refractivity contribution is 0.130. The summed E-state index contributed by atoms with van der Waals surface area (Å²) in [5.74, 6) is 0.489. The molecule has 2 fully saturated rings. The molecule has 0 amide bonds. The molecule has 2 bridgehead atoms. The molecule has 1 aromatic carbocycles. The van der Waals surface area contributed by atoms with Crippen molar-refractivity contribution < 1.29 is 16.8 Å². The van der Waals surface area contributed by atoms with Gasteiger partial charge in [0.15, 0.2) is 9.84 Å². The fraction of sp³-hybridized carbons (Fsp3) is 0.647. The van der Waals surface area contributed by atoms with E-state index in [4.69, 9.17) is 11.6 Å². The first-order valence-corrected chi connectivity index (χ1v) is 12.1. The Morgan fingerprint density at radius 3 is 2.28 bits per heavy atom. The summed E-state index contributed by atoms with van der Waals surface area (Å²) in [7, 11) is -7.43. The maximum Gasteiger partial charge on any atom is 0.242 e. The van der Waals surface area contributed by atoms with Gasteiger partial charge in [0.25, 0.3) is 0 Å². The summed E-state index contributed by atoms with van der Waals surface area (Å²) in [6, 6.07) is 3.60. The lowest BCUT2D eigenvalue weighted by atomic mass is 9.69. The number of benzene rings is 1. The van der Waals surface area contributed by atoms with Crippen molar-refractivity contribution in [3.05, 3.63) is 23.2 Å². The molecule has 3 unspecified atom stereocenters. The molecule has 8 heteroatoms. The molecule has 0 aliphatic heterocycles. The SMILES string of the molecule is CC1(C)C2CCC1(C)C(NS(=O)(=O)c1cc(S(C)(=O)=O)ccc1Cl)C2. The number of halogens is 1. The van der Waals surface area contributed by atoms with E-state index in [2.05, 4.69) is 25.5 Å². The lowest BCUT2D eigenvalue weighted by Crippen LogP contribution is -2.46. The fourth-order valence-electron chi connectivity index (χ4n) is 4.55. The number of sulfone groups is 1. The molecule has 0 saturated heterocycles. The van der Waals surface area contributed by atoms with E-state index in [1.165, 1.54) is 12.1 Å². The Balaban J connectivity index is 1.97. The van der Waals surface area contributed by atoms with Gasteiger partial charge in [-0.15, -0.1) is 0 Å². The first-order chi connectivity index (χ1) is 11.3. The van der Waals surface area contributed by atoms with E-state index < -0.39 is 19.9 Å². The average Bonchev–Trinajstić information content (AvgIpc) is 2.79. The summed E-state index contributed by atoms with van der Waals surface area (Å²) in [5.41, 5.74) is -0.0513. The third-order valence-corrected chi connectivity index (χ3v) is 9.78.